The van der Waals surface area contributed by atoms with E-state index >= 15 is 0 Å². The van der Waals surface area contributed by atoms with Crippen LogP contribution in [0.4, 0.5) is 0 Å². The van der Waals surface area contributed by atoms with Gasteiger partial charge in [-0.05, 0) is 0 Å². The Hall–Kier alpha value is 2.04. The first-order valence-electron chi connectivity index (χ1n) is 1.23. The van der Waals surface area contributed by atoms with Gasteiger partial charge in [-0.15, -0.1) is 0 Å². The summed E-state index contributed by atoms with van der Waals surface area (Å²) in [6.45, 7) is 2.89. The Kier molecular flexibility index (Phi) is 19.0. The van der Waals surface area contributed by atoms with Gasteiger partial charge in [0.15, 0.2) is 0 Å². The molecule has 0 spiro atoms. The van der Waals surface area contributed by atoms with Crippen molar-refractivity contribution in [2.45, 2.75) is 6.92 Å². The van der Waals surface area contributed by atoms with Crippen LogP contribution in [0, 0.1) is 39.8 Å². The molecule has 0 atom stereocenters. The summed E-state index contributed by atoms with van der Waals surface area (Å²) in [6.07, 6.45) is 0. The molecule has 0 bridgehead atoms. The summed E-state index contributed by atoms with van der Waals surface area (Å²) in [6, 6.07) is 0. The summed E-state index contributed by atoms with van der Waals surface area (Å²) >= 11 is 0.731. The average Bonchev–Trinajstić information content (AvgIpc) is 1.37. The van der Waals surface area contributed by atoms with E-state index in [0.717, 1.165) is 46.4 Å². The number of rotatable bonds is 1. The number of hydrogen-bond donors (Lipinski definition) is 0. The van der Waals surface area contributed by atoms with Gasteiger partial charge in [0.2, 0.25) is 0 Å². The van der Waals surface area contributed by atoms with Gasteiger partial charge < -0.3 is 0 Å². The molecule has 0 aromatic carbocycles. The molecule has 0 radical (unpaired) electrons. The first-order chi connectivity index (χ1) is 1.91. The predicted molar refractivity (Wildman–Crippen MR) is 11.6 cm³/mol. The Morgan fingerprint density at radius 2 is 2.00 bits per heavy atom. The largest absolute Gasteiger partial charge is 0 e. The molecule has 0 rings (SSSR count). The second-order valence-corrected chi connectivity index (χ2v) is 1.52. The van der Waals surface area contributed by atoms with Crippen LogP contribution in [0.15, 0.2) is 0 Å². The van der Waals surface area contributed by atoms with E-state index in [1.807, 2.05) is 6.92 Å². The summed E-state index contributed by atoms with van der Waals surface area (Å²) in [5.74, 6) is 0. The average molecular weight is 234 g/mol. The van der Waals surface area contributed by atoms with E-state index < -0.39 is 0 Å². The Balaban J connectivity index is 0. The van der Waals surface area contributed by atoms with Crippen molar-refractivity contribution in [2.75, 3.05) is 6.61 Å². The standard InChI is InChI=1S/C2H5O.Pr.Ti/c1-2-3;;/h2H2,1H3;;/q-1;+1;. The molecule has 0 aliphatic rings. The van der Waals surface area contributed by atoms with Crippen LogP contribution in [-0.4, -0.2) is 6.61 Å². The van der Waals surface area contributed by atoms with Crippen molar-refractivity contribution in [1.82, 2.24) is 0 Å². The van der Waals surface area contributed by atoms with Crippen molar-refractivity contribution >= 4 is 0 Å². The summed E-state index contributed by atoms with van der Waals surface area (Å²) in [5, 5.41) is 0. The van der Waals surface area contributed by atoms with Crippen LogP contribution in [0.5, 0.6) is 0 Å². The Morgan fingerprint density at radius 1 is 1.80 bits per heavy atom. The fraction of sp³-hybridized carbons (Fsp3) is 1.00. The third-order valence-electron chi connectivity index (χ3n) is 0.167. The van der Waals surface area contributed by atoms with Gasteiger partial charge in [0.05, 0.1) is 0 Å². The van der Waals surface area contributed by atoms with Crippen molar-refractivity contribution in [3.05, 3.63) is 0 Å². The summed E-state index contributed by atoms with van der Waals surface area (Å²) < 4.78 is 4.71. The van der Waals surface area contributed by atoms with Gasteiger partial charge in [-0.25, -0.2) is 0 Å². The van der Waals surface area contributed by atoms with Crippen molar-refractivity contribution < 1.29 is 62.5 Å². The van der Waals surface area contributed by atoms with E-state index in [1.165, 1.54) is 0 Å². The van der Waals surface area contributed by atoms with Crippen molar-refractivity contribution in [3.63, 3.8) is 0 Å². The maximum atomic E-state index is 4.71. The monoisotopic (exact) mass is 234 g/mol. The van der Waals surface area contributed by atoms with Crippen LogP contribution >= 0.6 is 0 Å². The molecular weight excluding hydrogens is 229 g/mol. The van der Waals surface area contributed by atoms with Crippen molar-refractivity contribution in [3.8, 4) is 0 Å². The number of hydrogen-bond acceptors (Lipinski definition) is 1. The zero-order valence-electron chi connectivity index (χ0n) is 3.19. The molecule has 0 fully saturated rings. The van der Waals surface area contributed by atoms with E-state index in [2.05, 4.69) is 0 Å². The molecule has 0 N–H and O–H groups in total. The maximum Gasteiger partial charge on any atom is 0 e. The van der Waals surface area contributed by atoms with E-state index in [0.29, 0.717) is 0 Å². The van der Waals surface area contributed by atoms with E-state index in [-0.39, 0.29) is 21.7 Å². The van der Waals surface area contributed by atoms with E-state index in [4.69, 9.17) is 1.01 Å². The first-order valence-corrected chi connectivity index (χ1v) is 2.74. The third kappa shape index (κ3) is 10.7. The molecule has 0 saturated carbocycles. The second-order valence-electron chi connectivity index (χ2n) is 0.455. The second kappa shape index (κ2) is 9.40. The van der Waals surface area contributed by atoms with Gasteiger partial charge in [-0.1, -0.05) is 0 Å². The molecule has 0 aliphatic heterocycles. The molecule has 0 saturated heterocycles. The SMILES string of the molecule is CC[O][Pr].[Ti]. The summed E-state index contributed by atoms with van der Waals surface area (Å²) in [7, 11) is 0. The van der Waals surface area contributed by atoms with E-state index in [1.54, 1.807) is 0 Å². The Bertz CT molecular complexity index is 11.6. The molecule has 0 unspecified atom stereocenters. The third-order valence-corrected chi connectivity index (χ3v) is 1.24. The van der Waals surface area contributed by atoms with Crippen molar-refractivity contribution in [2.24, 2.45) is 0 Å². The zero-order valence-corrected chi connectivity index (χ0v) is 8.46. The van der Waals surface area contributed by atoms with Gasteiger partial charge in [0.1, 0.15) is 0 Å². The molecule has 26 valence electrons. The molecule has 0 heterocycles. The van der Waals surface area contributed by atoms with Gasteiger partial charge >= 0.3 is 54.3 Å². The Labute approximate surface area is 74.8 Å². The van der Waals surface area contributed by atoms with Crippen LogP contribution in [0.25, 0.3) is 0 Å². The van der Waals surface area contributed by atoms with Gasteiger partial charge in [-0.3, -0.25) is 0 Å². The molecular formula is C2H5OPrTi. The van der Waals surface area contributed by atoms with Crippen LogP contribution in [-0.2, 0) is 22.7 Å². The van der Waals surface area contributed by atoms with Crippen LogP contribution in [0.3, 0.4) is 0 Å². The minimum absolute atomic E-state index is 0. The molecule has 3 heteroatoms. The summed E-state index contributed by atoms with van der Waals surface area (Å²) in [5.41, 5.74) is 0. The smallest absolute Gasteiger partial charge is 0 e. The normalized spacial score (nSPS) is 5.60. The molecule has 5 heavy (non-hydrogen) atoms. The predicted octanol–water partition coefficient (Wildman–Crippen LogP) is 0.485. The minimum atomic E-state index is 0. The molecule has 0 amide bonds. The van der Waals surface area contributed by atoms with Crippen LogP contribution in [0.2, 0.25) is 0 Å². The van der Waals surface area contributed by atoms with Crippen molar-refractivity contribution in [1.29, 1.82) is 0 Å². The van der Waals surface area contributed by atoms with E-state index in [9.17, 15) is 0 Å². The van der Waals surface area contributed by atoms with Crippen LogP contribution < -0.4 is 0 Å². The maximum absolute atomic E-state index is 4.71. The van der Waals surface area contributed by atoms with Gasteiger partial charge in [0.25, 0.3) is 0 Å². The van der Waals surface area contributed by atoms with Gasteiger partial charge in [0, 0.05) is 21.7 Å². The van der Waals surface area contributed by atoms with Gasteiger partial charge in [-0.2, -0.15) is 0 Å². The topological polar surface area (TPSA) is 9.23 Å². The zero-order chi connectivity index (χ0) is 3.41. The fourth-order valence-electron chi connectivity index (χ4n) is 0. The minimum Gasteiger partial charge on any atom is 0 e. The summed E-state index contributed by atoms with van der Waals surface area (Å²) in [4.78, 5) is 0. The molecule has 1 nitrogen and oxygen atoms in total. The van der Waals surface area contributed by atoms with Crippen LogP contribution in [0.1, 0.15) is 6.92 Å². The molecule has 0 aromatic rings. The molecule has 0 aliphatic carbocycles. The molecule has 0 aromatic heterocycles. The fourth-order valence-corrected chi connectivity index (χ4v) is 0. The quantitative estimate of drug-likeness (QED) is 0.599. The first kappa shape index (κ1) is 10.1. The Morgan fingerprint density at radius 3 is 2.00 bits per heavy atom.